The number of amides is 2. The van der Waals surface area contributed by atoms with Crippen LogP contribution in [0.5, 0.6) is 0 Å². The fourth-order valence-corrected chi connectivity index (χ4v) is 5.54. The molecular formula is C27H35F2N3O4S. The monoisotopic (exact) mass is 535 g/mol. The molecule has 0 aromatic heterocycles. The van der Waals surface area contributed by atoms with Gasteiger partial charge in [0.1, 0.15) is 17.7 Å². The second-order valence-corrected chi connectivity index (χ2v) is 11.5. The van der Waals surface area contributed by atoms with E-state index in [-0.39, 0.29) is 49.5 Å². The van der Waals surface area contributed by atoms with Crippen LogP contribution in [-0.4, -0.2) is 50.0 Å². The third-order valence-electron chi connectivity index (χ3n) is 6.66. The van der Waals surface area contributed by atoms with E-state index < -0.39 is 27.7 Å². The SMILES string of the molecule is C[C@H](C(=O)NC1CCCCC1)N(Cc1ccc(F)cc1)C(=O)CCCN(c1ccccc1F)S(C)(=O)=O. The number of nitrogens with one attached hydrogen (secondary N) is 1. The summed E-state index contributed by atoms with van der Waals surface area (Å²) in [6.07, 6.45) is 6.12. The Kier molecular flexibility index (Phi) is 10.0. The summed E-state index contributed by atoms with van der Waals surface area (Å²) in [5.74, 6) is -1.69. The minimum absolute atomic E-state index is 0.0529. The molecular weight excluding hydrogens is 500 g/mol. The van der Waals surface area contributed by atoms with Gasteiger partial charge in [0.25, 0.3) is 0 Å². The van der Waals surface area contributed by atoms with Crippen LogP contribution in [0.2, 0.25) is 0 Å². The normalized spacial score (nSPS) is 15.1. The Labute approximate surface area is 217 Å². The summed E-state index contributed by atoms with van der Waals surface area (Å²) in [5.41, 5.74) is 0.581. The van der Waals surface area contributed by atoms with Gasteiger partial charge >= 0.3 is 0 Å². The number of benzene rings is 2. The minimum atomic E-state index is -3.79. The van der Waals surface area contributed by atoms with Crippen molar-refractivity contribution in [2.24, 2.45) is 0 Å². The molecule has 1 fully saturated rings. The lowest BCUT2D eigenvalue weighted by Gasteiger charge is -2.31. The summed E-state index contributed by atoms with van der Waals surface area (Å²) in [5, 5.41) is 3.05. The Morgan fingerprint density at radius 3 is 2.30 bits per heavy atom. The molecule has 2 aromatic rings. The van der Waals surface area contributed by atoms with Crippen molar-refractivity contribution in [2.75, 3.05) is 17.1 Å². The average Bonchev–Trinajstić information content (AvgIpc) is 2.86. The Morgan fingerprint density at radius 2 is 1.68 bits per heavy atom. The number of carbonyl (C=O) groups excluding carboxylic acids is 2. The van der Waals surface area contributed by atoms with Crippen LogP contribution < -0.4 is 9.62 Å². The predicted molar refractivity (Wildman–Crippen MR) is 139 cm³/mol. The maximum absolute atomic E-state index is 14.3. The van der Waals surface area contributed by atoms with Crippen LogP contribution in [-0.2, 0) is 26.2 Å². The lowest BCUT2D eigenvalue weighted by Crippen LogP contribution is -2.50. The largest absolute Gasteiger partial charge is 0.352 e. The highest BCUT2D eigenvalue weighted by atomic mass is 32.2. The van der Waals surface area contributed by atoms with Crippen molar-refractivity contribution in [3.8, 4) is 0 Å². The molecule has 0 heterocycles. The first-order valence-corrected chi connectivity index (χ1v) is 14.5. The van der Waals surface area contributed by atoms with Crippen LogP contribution >= 0.6 is 0 Å². The van der Waals surface area contributed by atoms with Gasteiger partial charge in [0.05, 0.1) is 11.9 Å². The molecule has 2 amide bonds. The van der Waals surface area contributed by atoms with E-state index in [0.717, 1.165) is 42.7 Å². The Balaban J connectivity index is 1.71. The van der Waals surface area contributed by atoms with E-state index in [1.54, 1.807) is 25.1 Å². The summed E-state index contributed by atoms with van der Waals surface area (Å²) in [6.45, 7) is 1.65. The number of hydrogen-bond donors (Lipinski definition) is 1. The second-order valence-electron chi connectivity index (χ2n) is 9.56. The summed E-state index contributed by atoms with van der Waals surface area (Å²) in [6, 6.07) is 10.6. The zero-order valence-electron chi connectivity index (χ0n) is 21.3. The minimum Gasteiger partial charge on any atom is -0.352 e. The predicted octanol–water partition coefficient (Wildman–Crippen LogP) is 4.38. The molecule has 0 spiro atoms. The van der Waals surface area contributed by atoms with E-state index in [2.05, 4.69) is 5.32 Å². The van der Waals surface area contributed by atoms with Gasteiger partial charge in [-0.3, -0.25) is 13.9 Å². The highest BCUT2D eigenvalue weighted by Gasteiger charge is 2.28. The lowest BCUT2D eigenvalue weighted by molar-refractivity contribution is -0.141. The van der Waals surface area contributed by atoms with Crippen molar-refractivity contribution in [1.29, 1.82) is 0 Å². The zero-order chi connectivity index (χ0) is 27.0. The maximum atomic E-state index is 14.3. The van der Waals surface area contributed by atoms with E-state index in [0.29, 0.717) is 5.56 Å². The third-order valence-corrected chi connectivity index (χ3v) is 7.84. The Bertz CT molecular complexity index is 1170. The van der Waals surface area contributed by atoms with Crippen LogP contribution in [0, 0.1) is 11.6 Å². The van der Waals surface area contributed by atoms with Gasteiger partial charge in [-0.25, -0.2) is 17.2 Å². The van der Waals surface area contributed by atoms with Gasteiger partial charge in [-0.15, -0.1) is 0 Å². The molecule has 1 saturated carbocycles. The van der Waals surface area contributed by atoms with E-state index in [9.17, 15) is 26.8 Å². The first kappa shape index (κ1) is 28.6. The van der Waals surface area contributed by atoms with Crippen molar-refractivity contribution in [2.45, 2.75) is 70.5 Å². The van der Waals surface area contributed by atoms with Gasteiger partial charge in [-0.2, -0.15) is 0 Å². The summed E-state index contributed by atoms with van der Waals surface area (Å²) < 4.78 is 53.3. The van der Waals surface area contributed by atoms with E-state index in [1.807, 2.05) is 0 Å². The number of sulfonamides is 1. The molecule has 1 aliphatic rings. The van der Waals surface area contributed by atoms with E-state index >= 15 is 0 Å². The molecule has 37 heavy (non-hydrogen) atoms. The molecule has 1 N–H and O–H groups in total. The van der Waals surface area contributed by atoms with E-state index in [4.69, 9.17) is 0 Å². The van der Waals surface area contributed by atoms with Crippen LogP contribution in [0.15, 0.2) is 48.5 Å². The lowest BCUT2D eigenvalue weighted by atomic mass is 9.95. The van der Waals surface area contributed by atoms with Crippen LogP contribution in [0.3, 0.4) is 0 Å². The first-order valence-electron chi connectivity index (χ1n) is 12.6. The quantitative estimate of drug-likeness (QED) is 0.463. The zero-order valence-corrected chi connectivity index (χ0v) is 22.1. The summed E-state index contributed by atoms with van der Waals surface area (Å²) in [7, 11) is -3.79. The molecule has 0 bridgehead atoms. The molecule has 3 rings (SSSR count). The van der Waals surface area contributed by atoms with Gasteiger partial charge < -0.3 is 10.2 Å². The second kappa shape index (κ2) is 13.0. The molecule has 2 aromatic carbocycles. The highest BCUT2D eigenvalue weighted by molar-refractivity contribution is 7.92. The molecule has 1 atom stereocenters. The average molecular weight is 536 g/mol. The number of nitrogens with zero attached hydrogens (tertiary/aromatic N) is 2. The molecule has 202 valence electrons. The Morgan fingerprint density at radius 1 is 1.03 bits per heavy atom. The molecule has 0 unspecified atom stereocenters. The van der Waals surface area contributed by atoms with Gasteiger partial charge in [-0.05, 0) is 56.0 Å². The molecule has 1 aliphatic carbocycles. The topological polar surface area (TPSA) is 86.8 Å². The Hall–Kier alpha value is -3.01. The van der Waals surface area contributed by atoms with Gasteiger partial charge in [0.2, 0.25) is 21.8 Å². The van der Waals surface area contributed by atoms with Crippen molar-refractivity contribution >= 4 is 27.5 Å². The van der Waals surface area contributed by atoms with Crippen molar-refractivity contribution < 1.29 is 26.8 Å². The molecule has 10 heteroatoms. The molecule has 7 nitrogen and oxygen atoms in total. The summed E-state index contributed by atoms with van der Waals surface area (Å²) >= 11 is 0. The standard InChI is InChI=1S/C27H35F2N3O4S/c1-20(27(34)30-23-9-4-3-5-10-23)31(19-21-14-16-22(28)17-15-21)26(33)13-8-18-32(37(2,35)36)25-12-7-6-11-24(25)29/h6-7,11-12,14-17,20,23H,3-5,8-10,13,18-19H2,1-2H3,(H,30,34)/t20-/m1/s1. The highest BCUT2D eigenvalue weighted by Crippen LogP contribution is 2.23. The van der Waals surface area contributed by atoms with Gasteiger partial charge in [0.15, 0.2) is 0 Å². The molecule has 0 radical (unpaired) electrons. The van der Waals surface area contributed by atoms with Crippen LogP contribution in [0.25, 0.3) is 0 Å². The number of anilines is 1. The van der Waals surface area contributed by atoms with E-state index in [1.165, 1.54) is 35.2 Å². The number of hydrogen-bond acceptors (Lipinski definition) is 4. The van der Waals surface area contributed by atoms with Crippen molar-refractivity contribution in [3.63, 3.8) is 0 Å². The molecule has 0 aliphatic heterocycles. The fourth-order valence-electron chi connectivity index (χ4n) is 4.57. The van der Waals surface area contributed by atoms with Crippen molar-refractivity contribution in [1.82, 2.24) is 10.2 Å². The smallest absolute Gasteiger partial charge is 0.242 e. The number of carbonyl (C=O) groups is 2. The number of halogens is 2. The van der Waals surface area contributed by atoms with Crippen LogP contribution in [0.1, 0.15) is 57.4 Å². The van der Waals surface area contributed by atoms with Gasteiger partial charge in [0, 0.05) is 25.6 Å². The van der Waals surface area contributed by atoms with Crippen molar-refractivity contribution in [3.05, 3.63) is 65.7 Å². The maximum Gasteiger partial charge on any atom is 0.242 e. The first-order chi connectivity index (χ1) is 17.6. The fraction of sp³-hybridized carbons (Fsp3) is 0.481. The van der Waals surface area contributed by atoms with Crippen LogP contribution in [0.4, 0.5) is 14.5 Å². The molecule has 0 saturated heterocycles. The number of rotatable bonds is 11. The van der Waals surface area contributed by atoms with Gasteiger partial charge in [-0.1, -0.05) is 43.5 Å². The third kappa shape index (κ3) is 8.24. The number of para-hydroxylation sites is 1. The summed E-state index contributed by atoms with van der Waals surface area (Å²) in [4.78, 5) is 27.8.